The number of aliphatic carboxylic acids is 1. The van der Waals surface area contributed by atoms with Gasteiger partial charge in [0.05, 0.1) is 0 Å². The van der Waals surface area contributed by atoms with Crippen LogP contribution in [0.2, 0.25) is 0 Å². The van der Waals surface area contributed by atoms with Crippen LogP contribution in [-0.2, 0) is 9.59 Å². The molecule has 1 heterocycles. The van der Waals surface area contributed by atoms with Crippen molar-refractivity contribution in [2.75, 3.05) is 33.7 Å². The maximum absolute atomic E-state index is 11.1. The van der Waals surface area contributed by atoms with Crippen LogP contribution in [0.1, 0.15) is 0 Å². The summed E-state index contributed by atoms with van der Waals surface area (Å²) in [7, 11) is 3.83. The number of hydrogen-bond donors (Lipinski definition) is 1. The van der Waals surface area contributed by atoms with E-state index in [1.165, 1.54) is 0 Å². The second kappa shape index (κ2) is 3.74. The van der Waals surface area contributed by atoms with Gasteiger partial charge in [0, 0.05) is 19.6 Å². The topological polar surface area (TPSA) is 60.9 Å². The van der Waals surface area contributed by atoms with Gasteiger partial charge in [-0.05, 0) is 14.1 Å². The quantitative estimate of drug-likeness (QED) is 0.456. The summed E-state index contributed by atoms with van der Waals surface area (Å²) in [6, 6.07) is 0. The number of carbonyl (C=O) groups excluding carboxylic acids is 1. The molecule has 1 rings (SSSR count). The summed E-state index contributed by atoms with van der Waals surface area (Å²) in [6.07, 6.45) is 0. The molecule has 0 bridgehead atoms. The summed E-state index contributed by atoms with van der Waals surface area (Å²) in [4.78, 5) is 25.1. The molecule has 0 radical (unpaired) electrons. The molecule has 0 aromatic rings. The second-order valence-electron chi connectivity index (χ2n) is 3.48. The van der Waals surface area contributed by atoms with Gasteiger partial charge in [0.1, 0.15) is 0 Å². The Morgan fingerprint density at radius 3 is 2.69 bits per heavy atom. The van der Waals surface area contributed by atoms with Crippen LogP contribution in [0, 0.1) is 5.92 Å². The minimum absolute atomic E-state index is 0.255. The Hall–Kier alpha value is -1.10. The molecule has 5 nitrogen and oxygen atoms in total. The number of hydrogen-bond acceptors (Lipinski definition) is 3. The third-order valence-electron chi connectivity index (χ3n) is 2.13. The molecule has 5 heteroatoms. The van der Waals surface area contributed by atoms with E-state index in [9.17, 15) is 9.59 Å². The SMILES string of the molecule is CN(C)CCN1CC(C(=O)O)C1=O. The molecule has 0 aromatic carbocycles. The van der Waals surface area contributed by atoms with Crippen LogP contribution in [0.25, 0.3) is 0 Å². The smallest absolute Gasteiger partial charge is 0.317 e. The van der Waals surface area contributed by atoms with Crippen LogP contribution in [0.15, 0.2) is 0 Å². The first-order chi connectivity index (χ1) is 6.02. The molecular weight excluding hydrogens is 172 g/mol. The molecule has 74 valence electrons. The van der Waals surface area contributed by atoms with Gasteiger partial charge in [0.15, 0.2) is 5.92 Å². The fourth-order valence-electron chi connectivity index (χ4n) is 1.20. The van der Waals surface area contributed by atoms with E-state index in [1.54, 1.807) is 4.90 Å². The number of amides is 1. The predicted molar refractivity (Wildman–Crippen MR) is 46.3 cm³/mol. The molecule has 1 saturated heterocycles. The van der Waals surface area contributed by atoms with Crippen molar-refractivity contribution < 1.29 is 14.7 Å². The zero-order valence-corrected chi connectivity index (χ0v) is 7.86. The third kappa shape index (κ3) is 2.18. The molecular formula is C8H14N2O3. The van der Waals surface area contributed by atoms with E-state index in [4.69, 9.17) is 5.11 Å². The highest BCUT2D eigenvalue weighted by Crippen LogP contribution is 2.16. The highest BCUT2D eigenvalue weighted by molar-refractivity contribution is 6.01. The molecule has 1 aliphatic heterocycles. The summed E-state index contributed by atoms with van der Waals surface area (Å²) < 4.78 is 0. The molecule has 0 aromatic heterocycles. The zero-order chi connectivity index (χ0) is 10.0. The van der Waals surface area contributed by atoms with E-state index >= 15 is 0 Å². The Kier molecular flexibility index (Phi) is 2.87. The van der Waals surface area contributed by atoms with Crippen molar-refractivity contribution in [2.24, 2.45) is 5.92 Å². The average molecular weight is 186 g/mol. The fourth-order valence-corrected chi connectivity index (χ4v) is 1.20. The van der Waals surface area contributed by atoms with Gasteiger partial charge in [-0.2, -0.15) is 0 Å². The lowest BCUT2D eigenvalue weighted by Crippen LogP contribution is -2.57. The Morgan fingerprint density at radius 1 is 1.69 bits per heavy atom. The van der Waals surface area contributed by atoms with Crippen molar-refractivity contribution in [1.29, 1.82) is 0 Å². The van der Waals surface area contributed by atoms with Gasteiger partial charge >= 0.3 is 5.97 Å². The van der Waals surface area contributed by atoms with Gasteiger partial charge in [-0.1, -0.05) is 0 Å². The lowest BCUT2D eigenvalue weighted by Gasteiger charge is -2.36. The number of carboxylic acid groups (broad SMARTS) is 1. The molecule has 1 N–H and O–H groups in total. The van der Waals surface area contributed by atoms with Gasteiger partial charge in [-0.3, -0.25) is 9.59 Å². The van der Waals surface area contributed by atoms with E-state index in [-0.39, 0.29) is 5.91 Å². The molecule has 1 atom stereocenters. The Labute approximate surface area is 76.9 Å². The molecule has 1 aliphatic rings. The number of carbonyl (C=O) groups is 2. The molecule has 13 heavy (non-hydrogen) atoms. The highest BCUT2D eigenvalue weighted by Gasteiger charge is 2.41. The monoisotopic (exact) mass is 186 g/mol. The van der Waals surface area contributed by atoms with E-state index in [0.29, 0.717) is 13.1 Å². The van der Waals surface area contributed by atoms with Crippen molar-refractivity contribution in [3.8, 4) is 0 Å². The number of nitrogens with zero attached hydrogens (tertiary/aromatic N) is 2. The first kappa shape index (κ1) is 9.98. The van der Waals surface area contributed by atoms with E-state index in [0.717, 1.165) is 6.54 Å². The van der Waals surface area contributed by atoms with Crippen molar-refractivity contribution in [3.63, 3.8) is 0 Å². The van der Waals surface area contributed by atoms with Gasteiger partial charge in [0.2, 0.25) is 5.91 Å². The second-order valence-corrected chi connectivity index (χ2v) is 3.48. The van der Waals surface area contributed by atoms with Crippen molar-refractivity contribution in [1.82, 2.24) is 9.80 Å². The Bertz CT molecular complexity index is 227. The molecule has 1 unspecified atom stereocenters. The lowest BCUT2D eigenvalue weighted by atomic mass is 9.99. The Balaban J connectivity index is 2.28. The van der Waals surface area contributed by atoms with E-state index in [1.807, 2.05) is 19.0 Å². The minimum atomic E-state index is -1.01. The lowest BCUT2D eigenvalue weighted by molar-refractivity contribution is -0.162. The first-order valence-corrected chi connectivity index (χ1v) is 4.18. The molecule has 0 saturated carbocycles. The largest absolute Gasteiger partial charge is 0.481 e. The summed E-state index contributed by atoms with van der Waals surface area (Å²) >= 11 is 0. The van der Waals surface area contributed by atoms with Crippen LogP contribution in [0.4, 0.5) is 0 Å². The van der Waals surface area contributed by atoms with Crippen molar-refractivity contribution >= 4 is 11.9 Å². The van der Waals surface area contributed by atoms with Crippen LogP contribution < -0.4 is 0 Å². The van der Waals surface area contributed by atoms with Crippen LogP contribution in [-0.4, -0.2) is 60.5 Å². The number of β-lactam (4-membered cyclic amide) rings is 1. The molecule has 0 spiro atoms. The van der Waals surface area contributed by atoms with Crippen molar-refractivity contribution in [3.05, 3.63) is 0 Å². The summed E-state index contributed by atoms with van der Waals surface area (Å²) in [5, 5.41) is 8.54. The summed E-state index contributed by atoms with van der Waals surface area (Å²) in [5.74, 6) is -2.05. The van der Waals surface area contributed by atoms with Crippen molar-refractivity contribution in [2.45, 2.75) is 0 Å². The van der Waals surface area contributed by atoms with Gasteiger partial charge in [-0.15, -0.1) is 0 Å². The predicted octanol–water partition coefficient (Wildman–Crippen LogP) is -0.909. The summed E-state index contributed by atoms with van der Waals surface area (Å²) in [6.45, 7) is 1.76. The Morgan fingerprint density at radius 2 is 2.31 bits per heavy atom. The van der Waals surface area contributed by atoms with Gasteiger partial charge in [-0.25, -0.2) is 0 Å². The zero-order valence-electron chi connectivity index (χ0n) is 7.86. The maximum Gasteiger partial charge on any atom is 0.317 e. The van der Waals surface area contributed by atoms with E-state index in [2.05, 4.69) is 0 Å². The third-order valence-corrected chi connectivity index (χ3v) is 2.13. The van der Waals surface area contributed by atoms with Gasteiger partial charge in [0.25, 0.3) is 0 Å². The number of rotatable bonds is 4. The standard InChI is InChI=1S/C8H14N2O3/c1-9(2)3-4-10-5-6(7(10)11)8(12)13/h6H,3-5H2,1-2H3,(H,12,13). The van der Waals surface area contributed by atoms with Crippen LogP contribution in [0.3, 0.4) is 0 Å². The van der Waals surface area contributed by atoms with Gasteiger partial charge < -0.3 is 14.9 Å². The first-order valence-electron chi connectivity index (χ1n) is 4.18. The molecule has 1 fully saturated rings. The normalized spacial score (nSPS) is 21.9. The van der Waals surface area contributed by atoms with Crippen LogP contribution >= 0.6 is 0 Å². The number of likely N-dealkylation sites (tertiary alicyclic amines) is 1. The summed E-state index contributed by atoms with van der Waals surface area (Å²) in [5.41, 5.74) is 0. The molecule has 0 aliphatic carbocycles. The minimum Gasteiger partial charge on any atom is -0.481 e. The van der Waals surface area contributed by atoms with Crippen LogP contribution in [0.5, 0.6) is 0 Å². The fraction of sp³-hybridized carbons (Fsp3) is 0.750. The van der Waals surface area contributed by atoms with E-state index < -0.39 is 11.9 Å². The number of carboxylic acids is 1. The maximum atomic E-state index is 11.1. The molecule has 1 amide bonds. The highest BCUT2D eigenvalue weighted by atomic mass is 16.4. The number of likely N-dealkylation sites (N-methyl/N-ethyl adjacent to an activating group) is 1. The average Bonchev–Trinajstić information content (AvgIpc) is 2.00.